The van der Waals surface area contributed by atoms with E-state index in [1.807, 2.05) is 0 Å². The first-order chi connectivity index (χ1) is 14.9. The van der Waals surface area contributed by atoms with Crippen LogP contribution in [0.1, 0.15) is 22.3 Å². The Balaban J connectivity index is 1.36. The SMILES string of the molecule is C(=C\c1cccc2ccccc12)/c1ccc(/C=C/c2cccc3ccccc23)cc1. The number of rotatable bonds is 4. The molecule has 0 fully saturated rings. The van der Waals surface area contributed by atoms with Crippen LogP contribution in [0.25, 0.3) is 45.8 Å². The van der Waals surface area contributed by atoms with Crippen LogP contribution in [0.3, 0.4) is 0 Å². The van der Waals surface area contributed by atoms with Crippen molar-refractivity contribution in [2.75, 3.05) is 0 Å². The Morgan fingerprint density at radius 2 is 0.733 bits per heavy atom. The van der Waals surface area contributed by atoms with Crippen molar-refractivity contribution in [1.82, 2.24) is 0 Å². The molecule has 0 spiro atoms. The molecule has 0 heterocycles. The van der Waals surface area contributed by atoms with Crippen LogP contribution >= 0.6 is 0 Å². The van der Waals surface area contributed by atoms with Crippen molar-refractivity contribution in [3.05, 3.63) is 131 Å². The lowest BCUT2D eigenvalue weighted by Crippen LogP contribution is -1.79. The molecule has 0 N–H and O–H groups in total. The molecule has 142 valence electrons. The molecule has 0 aliphatic heterocycles. The Bertz CT molecular complexity index is 1250. The zero-order valence-electron chi connectivity index (χ0n) is 16.7. The van der Waals surface area contributed by atoms with Crippen molar-refractivity contribution in [1.29, 1.82) is 0 Å². The van der Waals surface area contributed by atoms with Crippen LogP contribution in [0.5, 0.6) is 0 Å². The van der Waals surface area contributed by atoms with E-state index in [0.29, 0.717) is 0 Å². The van der Waals surface area contributed by atoms with E-state index in [4.69, 9.17) is 0 Å². The summed E-state index contributed by atoms with van der Waals surface area (Å²) in [6.45, 7) is 0. The maximum Gasteiger partial charge on any atom is -0.0111 e. The van der Waals surface area contributed by atoms with Gasteiger partial charge in [-0.05, 0) is 43.8 Å². The molecule has 0 saturated heterocycles. The highest BCUT2D eigenvalue weighted by Crippen LogP contribution is 2.22. The van der Waals surface area contributed by atoms with E-state index in [1.54, 1.807) is 0 Å². The van der Waals surface area contributed by atoms with Crippen LogP contribution in [0.4, 0.5) is 0 Å². The molecule has 0 heteroatoms. The van der Waals surface area contributed by atoms with Gasteiger partial charge in [0.2, 0.25) is 0 Å². The lowest BCUT2D eigenvalue weighted by atomic mass is 10.0. The van der Waals surface area contributed by atoms with Gasteiger partial charge in [0.05, 0.1) is 0 Å². The van der Waals surface area contributed by atoms with Crippen molar-refractivity contribution >= 4 is 45.8 Å². The molecule has 5 rings (SSSR count). The van der Waals surface area contributed by atoms with E-state index >= 15 is 0 Å². The Morgan fingerprint density at radius 3 is 1.20 bits per heavy atom. The third-order valence-electron chi connectivity index (χ3n) is 5.49. The van der Waals surface area contributed by atoms with Crippen LogP contribution < -0.4 is 0 Å². The summed E-state index contributed by atoms with van der Waals surface area (Å²) in [4.78, 5) is 0. The average Bonchev–Trinajstić information content (AvgIpc) is 2.82. The fraction of sp³-hybridized carbons (Fsp3) is 0. The molecule has 0 unspecified atom stereocenters. The molecular weight excluding hydrogens is 360 g/mol. The highest BCUT2D eigenvalue weighted by Gasteiger charge is 1.98. The fourth-order valence-corrected chi connectivity index (χ4v) is 3.88. The van der Waals surface area contributed by atoms with Crippen LogP contribution in [-0.2, 0) is 0 Å². The number of fused-ring (bicyclic) bond motifs is 2. The molecule has 30 heavy (non-hydrogen) atoms. The van der Waals surface area contributed by atoms with Crippen LogP contribution in [0, 0.1) is 0 Å². The van der Waals surface area contributed by atoms with Crippen molar-refractivity contribution in [3.63, 3.8) is 0 Å². The van der Waals surface area contributed by atoms with Crippen molar-refractivity contribution in [2.24, 2.45) is 0 Å². The van der Waals surface area contributed by atoms with Gasteiger partial charge in [0.15, 0.2) is 0 Å². The van der Waals surface area contributed by atoms with Gasteiger partial charge >= 0.3 is 0 Å². The largest absolute Gasteiger partial charge is 0.0616 e. The quantitative estimate of drug-likeness (QED) is 0.274. The van der Waals surface area contributed by atoms with Gasteiger partial charge in [0.1, 0.15) is 0 Å². The minimum atomic E-state index is 1.20. The Kier molecular flexibility index (Phi) is 4.98. The Hall–Kier alpha value is -3.90. The van der Waals surface area contributed by atoms with Gasteiger partial charge < -0.3 is 0 Å². The first kappa shape index (κ1) is 18.1. The summed E-state index contributed by atoms with van der Waals surface area (Å²) in [5.41, 5.74) is 4.89. The van der Waals surface area contributed by atoms with Crippen LogP contribution in [-0.4, -0.2) is 0 Å². The molecule has 5 aromatic rings. The summed E-state index contributed by atoms with van der Waals surface area (Å²) in [6, 6.07) is 38.6. The maximum atomic E-state index is 2.20. The summed E-state index contributed by atoms with van der Waals surface area (Å²) in [5.74, 6) is 0. The van der Waals surface area contributed by atoms with Crippen molar-refractivity contribution < 1.29 is 0 Å². The topological polar surface area (TPSA) is 0 Å². The highest BCUT2D eigenvalue weighted by molar-refractivity contribution is 5.94. The first-order valence-electron chi connectivity index (χ1n) is 10.3. The molecule has 0 saturated carbocycles. The van der Waals surface area contributed by atoms with Gasteiger partial charge in [-0.2, -0.15) is 0 Å². The second kappa shape index (κ2) is 8.23. The maximum absolute atomic E-state index is 2.20. The molecule has 0 nitrogen and oxygen atoms in total. The Morgan fingerprint density at radius 1 is 0.333 bits per heavy atom. The minimum absolute atomic E-state index is 1.20. The first-order valence-corrected chi connectivity index (χ1v) is 10.3. The summed E-state index contributed by atoms with van der Waals surface area (Å²) in [6.07, 6.45) is 8.76. The van der Waals surface area contributed by atoms with Gasteiger partial charge in [0.25, 0.3) is 0 Å². The average molecular weight is 383 g/mol. The predicted molar refractivity (Wildman–Crippen MR) is 132 cm³/mol. The standard InChI is InChI=1S/C30H22/c1-3-13-29-25(7-1)9-5-11-27(29)21-19-23-15-17-24(18-16-23)20-22-28-12-6-10-26-8-2-4-14-30(26)28/h1-22H/b21-19+,22-20+. The zero-order valence-corrected chi connectivity index (χ0v) is 16.7. The van der Waals surface area contributed by atoms with E-state index in [9.17, 15) is 0 Å². The molecular formula is C30H22. The molecule has 5 aromatic carbocycles. The van der Waals surface area contributed by atoms with Gasteiger partial charge in [-0.3, -0.25) is 0 Å². The smallest absolute Gasteiger partial charge is 0.0111 e. The number of hydrogen-bond acceptors (Lipinski definition) is 0. The molecule has 0 atom stereocenters. The summed E-state index contributed by atoms with van der Waals surface area (Å²) in [7, 11) is 0. The molecule has 0 aliphatic rings. The Labute approximate surface area is 177 Å². The monoisotopic (exact) mass is 382 g/mol. The number of benzene rings is 5. The zero-order chi connectivity index (χ0) is 20.2. The van der Waals surface area contributed by atoms with E-state index in [2.05, 4.69) is 133 Å². The summed E-state index contributed by atoms with van der Waals surface area (Å²) in [5, 5.41) is 5.11. The number of hydrogen-bond donors (Lipinski definition) is 0. The third-order valence-corrected chi connectivity index (χ3v) is 5.49. The van der Waals surface area contributed by atoms with Gasteiger partial charge in [-0.25, -0.2) is 0 Å². The predicted octanol–water partition coefficient (Wildman–Crippen LogP) is 8.33. The van der Waals surface area contributed by atoms with E-state index in [-0.39, 0.29) is 0 Å². The van der Waals surface area contributed by atoms with Crippen LogP contribution in [0.2, 0.25) is 0 Å². The van der Waals surface area contributed by atoms with Crippen molar-refractivity contribution in [2.45, 2.75) is 0 Å². The lowest BCUT2D eigenvalue weighted by molar-refractivity contribution is 1.62. The molecule has 0 bridgehead atoms. The highest BCUT2D eigenvalue weighted by atomic mass is 14.0. The second-order valence-corrected chi connectivity index (χ2v) is 7.47. The fourth-order valence-electron chi connectivity index (χ4n) is 3.88. The molecule has 0 radical (unpaired) electrons. The van der Waals surface area contributed by atoms with Crippen LogP contribution in [0.15, 0.2) is 109 Å². The van der Waals surface area contributed by atoms with Gasteiger partial charge in [-0.15, -0.1) is 0 Å². The molecule has 0 amide bonds. The summed E-state index contributed by atoms with van der Waals surface area (Å²) >= 11 is 0. The normalized spacial score (nSPS) is 11.7. The summed E-state index contributed by atoms with van der Waals surface area (Å²) < 4.78 is 0. The second-order valence-electron chi connectivity index (χ2n) is 7.47. The molecule has 0 aliphatic carbocycles. The minimum Gasteiger partial charge on any atom is -0.0616 e. The molecule has 0 aromatic heterocycles. The van der Waals surface area contributed by atoms with E-state index in [0.717, 1.165) is 0 Å². The van der Waals surface area contributed by atoms with E-state index < -0.39 is 0 Å². The van der Waals surface area contributed by atoms with Crippen molar-refractivity contribution in [3.8, 4) is 0 Å². The van der Waals surface area contributed by atoms with E-state index in [1.165, 1.54) is 43.8 Å². The van der Waals surface area contributed by atoms with Gasteiger partial charge in [0, 0.05) is 0 Å². The third kappa shape index (κ3) is 3.81. The lowest BCUT2D eigenvalue weighted by Gasteiger charge is -2.03. The van der Waals surface area contributed by atoms with Gasteiger partial charge in [-0.1, -0.05) is 133 Å².